The zero-order valence-electron chi connectivity index (χ0n) is 10.6. The van der Waals surface area contributed by atoms with E-state index >= 15 is 0 Å². The topological polar surface area (TPSA) is 85.3 Å². The molecule has 5 nitrogen and oxygen atoms in total. The molecule has 3 N–H and O–H groups in total. The highest BCUT2D eigenvalue weighted by molar-refractivity contribution is 7.88. The smallest absolute Gasteiger partial charge is 0.216 e. The SMILES string of the molecule is Cc1ccc(CNS(=O)(=O)Cc2cccc(N)c2)o1. The van der Waals surface area contributed by atoms with Crippen LogP contribution < -0.4 is 10.5 Å². The number of benzene rings is 1. The van der Waals surface area contributed by atoms with Gasteiger partial charge in [-0.05, 0) is 36.8 Å². The summed E-state index contributed by atoms with van der Waals surface area (Å²) in [4.78, 5) is 0. The number of hydrogen-bond donors (Lipinski definition) is 2. The summed E-state index contributed by atoms with van der Waals surface area (Å²) in [5, 5.41) is 0. The molecule has 0 bridgehead atoms. The van der Waals surface area contributed by atoms with Crippen LogP contribution in [-0.4, -0.2) is 8.42 Å². The zero-order valence-corrected chi connectivity index (χ0v) is 11.4. The van der Waals surface area contributed by atoms with Gasteiger partial charge in [-0.3, -0.25) is 0 Å². The first-order valence-electron chi connectivity index (χ1n) is 5.82. The number of aryl methyl sites for hydroxylation is 1. The van der Waals surface area contributed by atoms with Gasteiger partial charge in [-0.15, -0.1) is 0 Å². The molecule has 6 heteroatoms. The van der Waals surface area contributed by atoms with Crippen molar-refractivity contribution >= 4 is 15.7 Å². The molecule has 0 spiro atoms. The fraction of sp³-hybridized carbons (Fsp3) is 0.231. The van der Waals surface area contributed by atoms with Crippen LogP contribution in [0.15, 0.2) is 40.8 Å². The van der Waals surface area contributed by atoms with Gasteiger partial charge in [0.25, 0.3) is 0 Å². The monoisotopic (exact) mass is 280 g/mol. The second-order valence-electron chi connectivity index (χ2n) is 4.34. The van der Waals surface area contributed by atoms with E-state index in [2.05, 4.69) is 4.72 Å². The first kappa shape index (κ1) is 13.6. The standard InChI is InChI=1S/C13H16N2O3S/c1-10-5-6-13(18-10)8-15-19(16,17)9-11-3-2-4-12(14)7-11/h2-7,15H,8-9,14H2,1H3. The largest absolute Gasteiger partial charge is 0.465 e. The van der Waals surface area contributed by atoms with Crippen LogP contribution in [0.4, 0.5) is 5.69 Å². The van der Waals surface area contributed by atoms with Gasteiger partial charge in [0.15, 0.2) is 0 Å². The van der Waals surface area contributed by atoms with Crippen LogP contribution in [-0.2, 0) is 22.3 Å². The van der Waals surface area contributed by atoms with Gasteiger partial charge in [-0.25, -0.2) is 13.1 Å². The molecule has 0 aliphatic rings. The second kappa shape index (κ2) is 5.46. The minimum Gasteiger partial charge on any atom is -0.465 e. The summed E-state index contributed by atoms with van der Waals surface area (Å²) in [6, 6.07) is 10.4. The molecular formula is C13H16N2O3S. The van der Waals surface area contributed by atoms with Gasteiger partial charge < -0.3 is 10.2 Å². The van der Waals surface area contributed by atoms with Crippen LogP contribution in [0, 0.1) is 6.92 Å². The van der Waals surface area contributed by atoms with Gasteiger partial charge in [0.1, 0.15) is 11.5 Å². The number of nitrogen functional groups attached to an aromatic ring is 1. The van der Waals surface area contributed by atoms with Gasteiger partial charge in [0, 0.05) is 5.69 Å². The Balaban J connectivity index is 1.99. The lowest BCUT2D eigenvalue weighted by atomic mass is 10.2. The van der Waals surface area contributed by atoms with E-state index < -0.39 is 10.0 Å². The predicted molar refractivity (Wildman–Crippen MR) is 73.8 cm³/mol. The maximum Gasteiger partial charge on any atom is 0.216 e. The molecule has 0 radical (unpaired) electrons. The molecular weight excluding hydrogens is 264 g/mol. The molecule has 1 aromatic heterocycles. The van der Waals surface area contributed by atoms with E-state index in [1.807, 2.05) is 6.92 Å². The van der Waals surface area contributed by atoms with Crippen molar-refractivity contribution in [1.82, 2.24) is 4.72 Å². The molecule has 0 amide bonds. The van der Waals surface area contributed by atoms with E-state index in [9.17, 15) is 8.42 Å². The molecule has 0 aliphatic heterocycles. The molecule has 102 valence electrons. The molecule has 0 saturated heterocycles. The molecule has 0 fully saturated rings. The molecule has 1 aromatic carbocycles. The molecule has 0 aliphatic carbocycles. The molecule has 19 heavy (non-hydrogen) atoms. The number of anilines is 1. The van der Waals surface area contributed by atoms with Crippen molar-refractivity contribution in [2.24, 2.45) is 0 Å². The van der Waals surface area contributed by atoms with Crippen molar-refractivity contribution in [2.45, 2.75) is 19.2 Å². The van der Waals surface area contributed by atoms with Gasteiger partial charge in [-0.1, -0.05) is 12.1 Å². The summed E-state index contributed by atoms with van der Waals surface area (Å²) in [7, 11) is -3.41. The number of nitrogens with two attached hydrogens (primary N) is 1. The maximum atomic E-state index is 11.9. The first-order valence-corrected chi connectivity index (χ1v) is 7.47. The quantitative estimate of drug-likeness (QED) is 0.818. The maximum absolute atomic E-state index is 11.9. The van der Waals surface area contributed by atoms with E-state index in [1.165, 1.54) is 0 Å². The third-order valence-corrected chi connectivity index (χ3v) is 3.87. The Labute approximate surface area is 112 Å². The number of nitrogens with one attached hydrogen (secondary N) is 1. The Morgan fingerprint density at radius 3 is 2.68 bits per heavy atom. The van der Waals surface area contributed by atoms with Crippen molar-refractivity contribution in [3.05, 3.63) is 53.5 Å². The third kappa shape index (κ3) is 4.11. The predicted octanol–water partition coefficient (Wildman–Crippen LogP) is 1.79. The molecule has 0 saturated carbocycles. The Hall–Kier alpha value is -1.79. The lowest BCUT2D eigenvalue weighted by molar-refractivity contribution is 0.475. The molecule has 1 heterocycles. The van der Waals surface area contributed by atoms with E-state index in [0.29, 0.717) is 17.0 Å². The highest BCUT2D eigenvalue weighted by Crippen LogP contribution is 2.11. The average Bonchev–Trinajstić information content (AvgIpc) is 2.72. The van der Waals surface area contributed by atoms with Gasteiger partial charge in [-0.2, -0.15) is 0 Å². The first-order chi connectivity index (χ1) is 8.94. The van der Waals surface area contributed by atoms with Crippen LogP contribution in [0.3, 0.4) is 0 Å². The minimum absolute atomic E-state index is 0.0995. The fourth-order valence-corrected chi connectivity index (χ4v) is 2.80. The highest BCUT2D eigenvalue weighted by Gasteiger charge is 2.12. The van der Waals surface area contributed by atoms with E-state index in [1.54, 1.807) is 36.4 Å². The van der Waals surface area contributed by atoms with Crippen molar-refractivity contribution in [3.8, 4) is 0 Å². The number of rotatable bonds is 5. The highest BCUT2D eigenvalue weighted by atomic mass is 32.2. The van der Waals surface area contributed by atoms with Crippen LogP contribution in [0.1, 0.15) is 17.1 Å². The number of hydrogen-bond acceptors (Lipinski definition) is 4. The van der Waals surface area contributed by atoms with E-state index in [-0.39, 0.29) is 12.3 Å². The zero-order chi connectivity index (χ0) is 13.9. The summed E-state index contributed by atoms with van der Waals surface area (Å²) in [6.45, 7) is 1.96. The van der Waals surface area contributed by atoms with Gasteiger partial charge >= 0.3 is 0 Å². The van der Waals surface area contributed by atoms with Crippen LogP contribution in [0.25, 0.3) is 0 Å². The molecule has 2 rings (SSSR count). The van der Waals surface area contributed by atoms with Crippen molar-refractivity contribution in [1.29, 1.82) is 0 Å². The summed E-state index contributed by atoms with van der Waals surface area (Å²) in [5.74, 6) is 1.25. The van der Waals surface area contributed by atoms with Crippen LogP contribution in [0.5, 0.6) is 0 Å². The lowest BCUT2D eigenvalue weighted by Crippen LogP contribution is -2.24. The number of sulfonamides is 1. The fourth-order valence-electron chi connectivity index (χ4n) is 1.71. The molecule has 2 aromatic rings. The van der Waals surface area contributed by atoms with Crippen molar-refractivity contribution in [2.75, 3.05) is 5.73 Å². The van der Waals surface area contributed by atoms with Crippen molar-refractivity contribution in [3.63, 3.8) is 0 Å². The minimum atomic E-state index is -3.41. The Bertz CT molecular complexity index is 662. The third-order valence-electron chi connectivity index (χ3n) is 2.57. The lowest BCUT2D eigenvalue weighted by Gasteiger charge is -2.06. The Morgan fingerprint density at radius 1 is 1.26 bits per heavy atom. The summed E-state index contributed by atoms with van der Waals surface area (Å²) in [5.41, 5.74) is 6.82. The average molecular weight is 280 g/mol. The summed E-state index contributed by atoms with van der Waals surface area (Å²) >= 11 is 0. The molecule has 0 unspecified atom stereocenters. The van der Waals surface area contributed by atoms with Crippen molar-refractivity contribution < 1.29 is 12.8 Å². The normalized spacial score (nSPS) is 11.6. The number of furan rings is 1. The van der Waals surface area contributed by atoms with Gasteiger partial charge in [0.05, 0.1) is 12.3 Å². The van der Waals surface area contributed by atoms with E-state index in [0.717, 1.165) is 5.76 Å². The molecule has 0 atom stereocenters. The Morgan fingerprint density at radius 2 is 2.05 bits per heavy atom. The van der Waals surface area contributed by atoms with Gasteiger partial charge in [0.2, 0.25) is 10.0 Å². The summed E-state index contributed by atoms with van der Waals surface area (Å²) < 4.78 is 31.6. The summed E-state index contributed by atoms with van der Waals surface area (Å²) in [6.07, 6.45) is 0. The van der Waals surface area contributed by atoms with Crippen LogP contribution >= 0.6 is 0 Å². The second-order valence-corrected chi connectivity index (χ2v) is 6.14. The van der Waals surface area contributed by atoms with E-state index in [4.69, 9.17) is 10.2 Å². The Kier molecular flexibility index (Phi) is 3.92. The van der Waals surface area contributed by atoms with Crippen LogP contribution in [0.2, 0.25) is 0 Å².